The predicted molar refractivity (Wildman–Crippen MR) is 348 cm³/mol. The van der Waals surface area contributed by atoms with E-state index in [0.717, 1.165) is 161 Å². The van der Waals surface area contributed by atoms with Crippen LogP contribution in [0.4, 0.5) is 0 Å². The number of unbranched alkanes of at least 4 members (excludes halogenated alkanes) is 20. The second-order valence-corrected chi connectivity index (χ2v) is 20.9. The van der Waals surface area contributed by atoms with E-state index in [4.69, 9.17) is 14.2 Å². The maximum atomic E-state index is 12.9. The van der Waals surface area contributed by atoms with Crippen LogP contribution < -0.4 is 0 Å². The molecule has 0 saturated carbocycles. The average Bonchev–Trinajstić information content (AvgIpc) is 3.46. The van der Waals surface area contributed by atoms with Gasteiger partial charge in [0.2, 0.25) is 0 Å². The van der Waals surface area contributed by atoms with E-state index < -0.39 is 6.10 Å². The lowest BCUT2D eigenvalue weighted by Gasteiger charge is -2.18. The molecule has 0 amide bonds. The number of hydrogen-bond donors (Lipinski definition) is 0. The number of ether oxygens (including phenoxy) is 3. The molecule has 450 valence electrons. The average molecular weight is 1100 g/mol. The fourth-order valence-corrected chi connectivity index (χ4v) is 8.48. The van der Waals surface area contributed by atoms with Crippen molar-refractivity contribution in [3.05, 3.63) is 158 Å². The molecule has 0 aliphatic heterocycles. The summed E-state index contributed by atoms with van der Waals surface area (Å²) in [6.45, 7) is 6.36. The second-order valence-electron chi connectivity index (χ2n) is 20.9. The molecule has 6 nitrogen and oxygen atoms in total. The molecule has 1 unspecified atom stereocenters. The molecule has 0 N–H and O–H groups in total. The Kier molecular flexibility index (Phi) is 62.4. The minimum Gasteiger partial charge on any atom is -0.462 e. The van der Waals surface area contributed by atoms with Gasteiger partial charge >= 0.3 is 17.9 Å². The Labute approximate surface area is 492 Å². The number of carbonyl (C=O) groups is 3. The van der Waals surface area contributed by atoms with Crippen LogP contribution >= 0.6 is 0 Å². The number of rotatable bonds is 57. The summed E-state index contributed by atoms with van der Waals surface area (Å²) in [6, 6.07) is 0. The first-order valence-corrected chi connectivity index (χ1v) is 32.5. The summed E-state index contributed by atoms with van der Waals surface area (Å²) in [6.07, 6.45) is 96.9. The normalized spacial score (nSPS) is 13.2. The molecule has 0 spiro atoms. The zero-order valence-corrected chi connectivity index (χ0v) is 51.5. The van der Waals surface area contributed by atoms with Gasteiger partial charge in [-0.3, -0.25) is 14.4 Å². The van der Waals surface area contributed by atoms with Crippen LogP contribution in [0, 0.1) is 0 Å². The Morgan fingerprint density at radius 2 is 0.487 bits per heavy atom. The summed E-state index contributed by atoms with van der Waals surface area (Å²) in [7, 11) is 0. The van der Waals surface area contributed by atoms with Crippen LogP contribution in [0.3, 0.4) is 0 Å². The predicted octanol–water partition coefficient (Wildman–Crippen LogP) is 22.5. The van der Waals surface area contributed by atoms with Crippen molar-refractivity contribution < 1.29 is 28.6 Å². The molecular formula is C74H118O6. The van der Waals surface area contributed by atoms with Gasteiger partial charge in [-0.1, -0.05) is 281 Å². The molecule has 0 saturated heterocycles. The molecule has 0 aromatic heterocycles. The standard InChI is InChI=1S/C74H118O6/c1-4-7-10-13-16-19-21-23-25-27-29-30-31-32-33-34-35-36-37-38-39-40-41-42-43-44-46-47-49-51-53-55-58-61-64-67-73(76)79-70-71(69-78-72(75)66-63-60-57-18-15-12-9-6-3)80-74(77)68-65-62-59-56-54-52-50-48-45-28-26-24-22-20-17-14-11-8-5-2/h7-8,10-11,16-17,19-20,23-26,29-30,32-33,35-36,38-39,41-42,44-46,48,71H,4-6,9,12-15,18,21-22,27-28,31,34,37,40,43,47,49-70H2,1-3H3/b10-7-,11-8-,19-16-,20-17-,25-23-,26-24-,30-29-,33-32-,36-35-,39-38-,42-41-,46-44-,48-45-. The first-order valence-electron chi connectivity index (χ1n) is 32.5. The lowest BCUT2D eigenvalue weighted by molar-refractivity contribution is -0.167. The summed E-state index contributed by atoms with van der Waals surface area (Å²) < 4.78 is 16.8. The minimum absolute atomic E-state index is 0.0912. The largest absolute Gasteiger partial charge is 0.462 e. The van der Waals surface area contributed by atoms with E-state index in [9.17, 15) is 14.4 Å². The Morgan fingerprint density at radius 3 is 0.762 bits per heavy atom. The van der Waals surface area contributed by atoms with Crippen LogP contribution in [0.25, 0.3) is 0 Å². The van der Waals surface area contributed by atoms with Crippen molar-refractivity contribution in [3.8, 4) is 0 Å². The van der Waals surface area contributed by atoms with Crippen LogP contribution in [0.5, 0.6) is 0 Å². The maximum absolute atomic E-state index is 12.9. The van der Waals surface area contributed by atoms with Crippen LogP contribution in [-0.4, -0.2) is 37.2 Å². The van der Waals surface area contributed by atoms with Gasteiger partial charge in [0.25, 0.3) is 0 Å². The summed E-state index contributed by atoms with van der Waals surface area (Å²) in [5.41, 5.74) is 0. The number of carbonyl (C=O) groups excluding carboxylic acids is 3. The lowest BCUT2D eigenvalue weighted by atomic mass is 10.1. The molecule has 0 fully saturated rings. The fourth-order valence-electron chi connectivity index (χ4n) is 8.48. The highest BCUT2D eigenvalue weighted by molar-refractivity contribution is 5.71. The quantitative estimate of drug-likeness (QED) is 0.0261. The molecule has 0 radical (unpaired) electrons. The van der Waals surface area contributed by atoms with E-state index in [2.05, 4.69) is 179 Å². The zero-order valence-electron chi connectivity index (χ0n) is 51.5. The molecule has 0 aromatic rings. The molecule has 0 aliphatic carbocycles. The van der Waals surface area contributed by atoms with Crippen molar-refractivity contribution in [1.82, 2.24) is 0 Å². The molecule has 80 heavy (non-hydrogen) atoms. The molecule has 0 aliphatic rings. The van der Waals surface area contributed by atoms with Gasteiger partial charge < -0.3 is 14.2 Å². The van der Waals surface area contributed by atoms with E-state index in [1.165, 1.54) is 70.6 Å². The zero-order chi connectivity index (χ0) is 57.8. The van der Waals surface area contributed by atoms with Gasteiger partial charge in [-0.05, 0) is 128 Å². The smallest absolute Gasteiger partial charge is 0.306 e. The van der Waals surface area contributed by atoms with Crippen molar-refractivity contribution in [3.63, 3.8) is 0 Å². The number of allylic oxidation sites excluding steroid dienone is 26. The van der Waals surface area contributed by atoms with Crippen molar-refractivity contribution in [1.29, 1.82) is 0 Å². The van der Waals surface area contributed by atoms with Gasteiger partial charge in [0, 0.05) is 19.3 Å². The number of esters is 3. The van der Waals surface area contributed by atoms with E-state index >= 15 is 0 Å². The van der Waals surface area contributed by atoms with Gasteiger partial charge in [-0.25, -0.2) is 0 Å². The van der Waals surface area contributed by atoms with Crippen LogP contribution in [0.1, 0.15) is 271 Å². The van der Waals surface area contributed by atoms with Crippen molar-refractivity contribution in [2.75, 3.05) is 13.2 Å². The third kappa shape index (κ3) is 63.9. The third-order valence-corrected chi connectivity index (χ3v) is 13.3. The molecule has 6 heteroatoms. The third-order valence-electron chi connectivity index (χ3n) is 13.3. The highest BCUT2D eigenvalue weighted by Crippen LogP contribution is 2.14. The molecule has 1 atom stereocenters. The van der Waals surface area contributed by atoms with E-state index in [-0.39, 0.29) is 31.1 Å². The van der Waals surface area contributed by atoms with Crippen LogP contribution in [0.2, 0.25) is 0 Å². The van der Waals surface area contributed by atoms with Crippen LogP contribution in [0.15, 0.2) is 158 Å². The molecule has 0 aromatic carbocycles. The molecule has 0 heterocycles. The summed E-state index contributed by atoms with van der Waals surface area (Å²) in [5.74, 6) is -0.924. The topological polar surface area (TPSA) is 78.9 Å². The van der Waals surface area contributed by atoms with Crippen molar-refractivity contribution in [2.24, 2.45) is 0 Å². The van der Waals surface area contributed by atoms with Gasteiger partial charge in [0.1, 0.15) is 13.2 Å². The SMILES string of the molecule is CC/C=C\C/C=C\C/C=C\C/C=C\C/C=C\C/C=C\C/C=C\C/C=C\C/C=C\CCCCCCCCCC(=O)OCC(COC(=O)CCCCCCCCCC)OC(=O)CCCCCCCC/C=C\C/C=C\C/C=C\C/C=C\CC. The minimum atomic E-state index is -0.795. The monoisotopic (exact) mass is 1100 g/mol. The Morgan fingerprint density at radius 1 is 0.263 bits per heavy atom. The van der Waals surface area contributed by atoms with Gasteiger partial charge in [-0.15, -0.1) is 0 Å². The van der Waals surface area contributed by atoms with Gasteiger partial charge in [0.15, 0.2) is 6.10 Å². The highest BCUT2D eigenvalue weighted by atomic mass is 16.6. The lowest BCUT2D eigenvalue weighted by Crippen LogP contribution is -2.30. The van der Waals surface area contributed by atoms with Gasteiger partial charge in [-0.2, -0.15) is 0 Å². The second kappa shape index (κ2) is 66.5. The van der Waals surface area contributed by atoms with E-state index in [1.54, 1.807) is 0 Å². The Bertz CT molecular complexity index is 1790. The van der Waals surface area contributed by atoms with E-state index in [0.29, 0.717) is 19.3 Å². The van der Waals surface area contributed by atoms with Gasteiger partial charge in [0.05, 0.1) is 0 Å². The first kappa shape index (κ1) is 75.0. The molecule has 0 rings (SSSR count). The highest BCUT2D eigenvalue weighted by Gasteiger charge is 2.19. The Hall–Kier alpha value is -4.97. The maximum Gasteiger partial charge on any atom is 0.306 e. The summed E-state index contributed by atoms with van der Waals surface area (Å²) >= 11 is 0. The number of hydrogen-bond acceptors (Lipinski definition) is 6. The van der Waals surface area contributed by atoms with Crippen molar-refractivity contribution >= 4 is 17.9 Å². The fraction of sp³-hybridized carbons (Fsp3) is 0.608. The summed E-state index contributed by atoms with van der Waals surface area (Å²) in [5, 5.41) is 0. The Balaban J connectivity index is 4.22. The molecule has 0 bridgehead atoms. The first-order chi connectivity index (χ1) is 39.5. The van der Waals surface area contributed by atoms with Crippen LogP contribution in [-0.2, 0) is 28.6 Å². The van der Waals surface area contributed by atoms with E-state index in [1.807, 2.05) is 0 Å². The summed E-state index contributed by atoms with van der Waals surface area (Å²) in [4.78, 5) is 38.1. The molecular weight excluding hydrogens is 985 g/mol. The van der Waals surface area contributed by atoms with Crippen molar-refractivity contribution in [2.45, 2.75) is 277 Å².